The van der Waals surface area contributed by atoms with Gasteiger partial charge in [0.05, 0.1) is 16.6 Å². The van der Waals surface area contributed by atoms with Crippen molar-refractivity contribution in [3.8, 4) is 0 Å². The Bertz CT molecular complexity index is 663. The van der Waals surface area contributed by atoms with Crippen molar-refractivity contribution in [1.29, 1.82) is 0 Å². The molecule has 1 atom stereocenters. The molecule has 1 unspecified atom stereocenters. The molecule has 0 spiro atoms. The van der Waals surface area contributed by atoms with Crippen LogP contribution in [-0.2, 0) is 0 Å². The fourth-order valence-corrected chi connectivity index (χ4v) is 2.95. The lowest BCUT2D eigenvalue weighted by Crippen LogP contribution is -2.42. The molecule has 0 bridgehead atoms. The van der Waals surface area contributed by atoms with Crippen LogP contribution < -0.4 is 0 Å². The second-order valence-corrected chi connectivity index (χ2v) is 6.14. The lowest BCUT2D eigenvalue weighted by molar-refractivity contribution is 0.0635. The number of rotatable bonds is 2. The van der Waals surface area contributed by atoms with E-state index in [-0.39, 0.29) is 11.8 Å². The SMILES string of the molecule is CC(C)c1noc2ncc(C(=O)N3CCCCC3C)cc12. The first-order chi connectivity index (χ1) is 10.1. The smallest absolute Gasteiger partial charge is 0.257 e. The summed E-state index contributed by atoms with van der Waals surface area (Å²) in [5.41, 5.74) is 1.99. The number of fused-ring (bicyclic) bond motifs is 1. The Morgan fingerprint density at radius 3 is 2.95 bits per heavy atom. The third-order valence-corrected chi connectivity index (χ3v) is 4.22. The van der Waals surface area contributed by atoms with Crippen molar-refractivity contribution in [2.45, 2.75) is 52.0 Å². The molecule has 0 N–H and O–H groups in total. The maximum Gasteiger partial charge on any atom is 0.257 e. The third kappa shape index (κ3) is 2.52. The van der Waals surface area contributed by atoms with Gasteiger partial charge in [0.2, 0.25) is 0 Å². The number of carbonyl (C=O) groups is 1. The second-order valence-electron chi connectivity index (χ2n) is 6.14. The highest BCUT2D eigenvalue weighted by Gasteiger charge is 2.25. The van der Waals surface area contributed by atoms with Crippen LogP contribution in [0, 0.1) is 0 Å². The van der Waals surface area contributed by atoms with Gasteiger partial charge in [-0.1, -0.05) is 19.0 Å². The number of aromatic nitrogens is 2. The van der Waals surface area contributed by atoms with Gasteiger partial charge < -0.3 is 9.42 Å². The van der Waals surface area contributed by atoms with E-state index in [0.29, 0.717) is 17.3 Å². The van der Waals surface area contributed by atoms with Crippen molar-refractivity contribution in [3.63, 3.8) is 0 Å². The Kier molecular flexibility index (Phi) is 3.66. The summed E-state index contributed by atoms with van der Waals surface area (Å²) in [5.74, 6) is 0.305. The molecule has 0 aromatic carbocycles. The number of amides is 1. The normalized spacial score (nSPS) is 19.4. The average Bonchev–Trinajstić information content (AvgIpc) is 2.90. The molecule has 1 aliphatic rings. The minimum atomic E-state index is 0.0625. The van der Waals surface area contributed by atoms with Crippen molar-refractivity contribution in [2.24, 2.45) is 0 Å². The first-order valence-electron chi connectivity index (χ1n) is 7.64. The standard InChI is InChI=1S/C16H21N3O2/c1-10(2)14-13-8-12(9-17-15(13)21-18-14)16(20)19-7-5-4-6-11(19)3/h8-11H,4-7H2,1-3H3. The van der Waals surface area contributed by atoms with E-state index in [1.165, 1.54) is 6.42 Å². The average molecular weight is 287 g/mol. The van der Waals surface area contributed by atoms with Gasteiger partial charge in [0.1, 0.15) is 0 Å². The Labute approximate surface area is 124 Å². The van der Waals surface area contributed by atoms with Crippen LogP contribution in [0.5, 0.6) is 0 Å². The summed E-state index contributed by atoms with van der Waals surface area (Å²) < 4.78 is 5.23. The second kappa shape index (κ2) is 5.47. The highest BCUT2D eigenvalue weighted by atomic mass is 16.5. The third-order valence-electron chi connectivity index (χ3n) is 4.22. The number of pyridine rings is 1. The van der Waals surface area contributed by atoms with Crippen LogP contribution >= 0.6 is 0 Å². The van der Waals surface area contributed by atoms with Gasteiger partial charge >= 0.3 is 0 Å². The molecule has 1 aliphatic heterocycles. The monoisotopic (exact) mass is 287 g/mol. The van der Waals surface area contributed by atoms with Crippen LogP contribution in [0.4, 0.5) is 0 Å². The molecular weight excluding hydrogens is 266 g/mol. The molecule has 0 radical (unpaired) electrons. The first-order valence-corrected chi connectivity index (χ1v) is 7.64. The van der Waals surface area contributed by atoms with E-state index >= 15 is 0 Å². The van der Waals surface area contributed by atoms with Crippen molar-refractivity contribution >= 4 is 17.0 Å². The van der Waals surface area contributed by atoms with Gasteiger partial charge in [-0.25, -0.2) is 4.98 Å². The molecule has 5 nitrogen and oxygen atoms in total. The summed E-state index contributed by atoms with van der Waals surface area (Å²) in [6.45, 7) is 7.05. The van der Waals surface area contributed by atoms with Crippen LogP contribution in [0.15, 0.2) is 16.8 Å². The number of piperidine rings is 1. The molecule has 21 heavy (non-hydrogen) atoms. The van der Waals surface area contributed by atoms with Crippen LogP contribution in [0.25, 0.3) is 11.1 Å². The van der Waals surface area contributed by atoms with Gasteiger partial charge in [0.15, 0.2) is 0 Å². The number of hydrogen-bond donors (Lipinski definition) is 0. The number of carbonyl (C=O) groups excluding carboxylic acids is 1. The van der Waals surface area contributed by atoms with Gasteiger partial charge in [-0.05, 0) is 38.2 Å². The quantitative estimate of drug-likeness (QED) is 0.849. The van der Waals surface area contributed by atoms with Gasteiger partial charge in [-0.3, -0.25) is 4.79 Å². The molecule has 1 saturated heterocycles. The van der Waals surface area contributed by atoms with Gasteiger partial charge in [0.25, 0.3) is 11.6 Å². The van der Waals surface area contributed by atoms with E-state index in [1.54, 1.807) is 6.20 Å². The summed E-state index contributed by atoms with van der Waals surface area (Å²) in [5, 5.41) is 4.91. The topological polar surface area (TPSA) is 59.2 Å². The summed E-state index contributed by atoms with van der Waals surface area (Å²) in [7, 11) is 0. The Hall–Kier alpha value is -1.91. The molecule has 1 fully saturated rings. The predicted octanol–water partition coefficient (Wildman–Crippen LogP) is 3.36. The minimum absolute atomic E-state index is 0.0625. The fraction of sp³-hybridized carbons (Fsp3) is 0.562. The van der Waals surface area contributed by atoms with Crippen molar-refractivity contribution in [2.75, 3.05) is 6.54 Å². The lowest BCUT2D eigenvalue weighted by Gasteiger charge is -2.33. The van der Waals surface area contributed by atoms with Gasteiger partial charge in [-0.2, -0.15) is 0 Å². The van der Waals surface area contributed by atoms with Crippen molar-refractivity contribution in [3.05, 3.63) is 23.5 Å². The predicted molar refractivity (Wildman–Crippen MR) is 80.2 cm³/mol. The minimum Gasteiger partial charge on any atom is -0.336 e. The zero-order valence-corrected chi connectivity index (χ0v) is 12.8. The van der Waals surface area contributed by atoms with Crippen LogP contribution in [0.2, 0.25) is 0 Å². The van der Waals surface area contributed by atoms with E-state index in [2.05, 4.69) is 30.9 Å². The maximum atomic E-state index is 12.7. The summed E-state index contributed by atoms with van der Waals surface area (Å²) in [6, 6.07) is 2.17. The summed E-state index contributed by atoms with van der Waals surface area (Å²) >= 11 is 0. The first kappa shape index (κ1) is 14.0. The van der Waals surface area contributed by atoms with E-state index in [0.717, 1.165) is 30.5 Å². The molecule has 0 aliphatic carbocycles. The molecular formula is C16H21N3O2. The summed E-state index contributed by atoms with van der Waals surface area (Å²) in [6.07, 6.45) is 4.95. The van der Waals surface area contributed by atoms with E-state index in [9.17, 15) is 4.79 Å². The molecule has 112 valence electrons. The molecule has 0 saturated carbocycles. The highest BCUT2D eigenvalue weighted by molar-refractivity contribution is 5.97. The van der Waals surface area contributed by atoms with E-state index in [1.807, 2.05) is 11.0 Å². The van der Waals surface area contributed by atoms with E-state index in [4.69, 9.17) is 4.52 Å². The molecule has 2 aromatic rings. The zero-order chi connectivity index (χ0) is 15.0. The number of hydrogen-bond acceptors (Lipinski definition) is 4. The van der Waals surface area contributed by atoms with Crippen LogP contribution in [-0.4, -0.2) is 33.5 Å². The summed E-state index contributed by atoms with van der Waals surface area (Å²) in [4.78, 5) is 18.9. The number of likely N-dealkylation sites (tertiary alicyclic amines) is 1. The van der Waals surface area contributed by atoms with Crippen molar-refractivity contribution < 1.29 is 9.32 Å². The molecule has 3 rings (SSSR count). The Morgan fingerprint density at radius 1 is 1.43 bits per heavy atom. The maximum absolute atomic E-state index is 12.7. The molecule has 1 amide bonds. The van der Waals surface area contributed by atoms with Crippen LogP contribution in [0.3, 0.4) is 0 Å². The lowest BCUT2D eigenvalue weighted by atomic mass is 10.0. The zero-order valence-electron chi connectivity index (χ0n) is 12.8. The Balaban J connectivity index is 1.96. The fourth-order valence-electron chi connectivity index (χ4n) is 2.95. The number of nitrogens with zero attached hydrogens (tertiary/aromatic N) is 3. The largest absolute Gasteiger partial charge is 0.336 e. The Morgan fingerprint density at radius 2 is 2.24 bits per heavy atom. The molecule has 5 heteroatoms. The van der Waals surface area contributed by atoms with Crippen LogP contribution in [0.1, 0.15) is 62.0 Å². The van der Waals surface area contributed by atoms with Crippen molar-refractivity contribution in [1.82, 2.24) is 15.0 Å². The van der Waals surface area contributed by atoms with E-state index < -0.39 is 0 Å². The molecule has 3 heterocycles. The highest BCUT2D eigenvalue weighted by Crippen LogP contribution is 2.25. The molecule has 2 aromatic heterocycles. The van der Waals surface area contributed by atoms with Gasteiger partial charge in [0, 0.05) is 18.8 Å². The van der Waals surface area contributed by atoms with Gasteiger partial charge in [-0.15, -0.1) is 0 Å².